The van der Waals surface area contributed by atoms with Crippen LogP contribution in [0.5, 0.6) is 5.75 Å². The molecule has 4 aromatic rings. The number of hydrogen-bond donors (Lipinski definition) is 1. The number of amides is 1. The first kappa shape index (κ1) is 22.8. The fourth-order valence-corrected chi connectivity index (χ4v) is 4.28. The second-order valence-electron chi connectivity index (χ2n) is 6.97. The Labute approximate surface area is 199 Å². The Bertz CT molecular complexity index is 1290. The van der Waals surface area contributed by atoms with E-state index in [9.17, 15) is 9.59 Å². The number of fused-ring (bicyclic) bond motifs is 1. The molecule has 168 valence electrons. The molecule has 0 bridgehead atoms. The van der Waals surface area contributed by atoms with Crippen LogP contribution in [0, 0.1) is 0 Å². The van der Waals surface area contributed by atoms with Crippen LogP contribution < -0.4 is 10.1 Å². The van der Waals surface area contributed by atoms with Crippen molar-refractivity contribution in [3.8, 4) is 5.75 Å². The monoisotopic (exact) mass is 481 g/mol. The SMILES string of the molecule is COc1ccccc1NC(=O)COC(=O)c1oc2ccccc2c1CSc1ccc(Cl)cc1. The number of halogens is 1. The third kappa shape index (κ3) is 5.50. The highest BCUT2D eigenvalue weighted by atomic mass is 35.5. The Kier molecular flexibility index (Phi) is 7.22. The smallest absolute Gasteiger partial charge is 0.375 e. The second-order valence-corrected chi connectivity index (χ2v) is 8.46. The number of thioether (sulfide) groups is 1. The minimum Gasteiger partial charge on any atom is -0.495 e. The van der Waals surface area contributed by atoms with Crippen LogP contribution in [0.25, 0.3) is 11.0 Å². The lowest BCUT2D eigenvalue weighted by Crippen LogP contribution is -2.21. The first-order valence-corrected chi connectivity index (χ1v) is 11.4. The number of benzene rings is 3. The molecule has 8 heteroatoms. The first-order valence-electron chi connectivity index (χ1n) is 10.0. The van der Waals surface area contributed by atoms with Crippen molar-refractivity contribution in [1.82, 2.24) is 0 Å². The Morgan fingerprint density at radius 2 is 1.73 bits per heavy atom. The van der Waals surface area contributed by atoms with E-state index in [1.807, 2.05) is 42.5 Å². The molecule has 0 fully saturated rings. The third-order valence-electron chi connectivity index (χ3n) is 4.80. The maximum Gasteiger partial charge on any atom is 0.375 e. The van der Waals surface area contributed by atoms with Crippen LogP contribution in [0.3, 0.4) is 0 Å². The Hall–Kier alpha value is -3.42. The molecule has 0 unspecified atom stereocenters. The average molecular weight is 482 g/mol. The number of carbonyl (C=O) groups is 2. The van der Waals surface area contributed by atoms with Crippen LogP contribution in [-0.4, -0.2) is 25.6 Å². The quantitative estimate of drug-likeness (QED) is 0.239. The molecule has 33 heavy (non-hydrogen) atoms. The summed E-state index contributed by atoms with van der Waals surface area (Å²) in [5.41, 5.74) is 1.78. The van der Waals surface area contributed by atoms with E-state index >= 15 is 0 Å². The van der Waals surface area contributed by atoms with Gasteiger partial charge in [-0.3, -0.25) is 4.79 Å². The van der Waals surface area contributed by atoms with Gasteiger partial charge >= 0.3 is 5.97 Å². The van der Waals surface area contributed by atoms with E-state index in [1.165, 1.54) is 7.11 Å². The molecular weight excluding hydrogens is 462 g/mol. The van der Waals surface area contributed by atoms with E-state index < -0.39 is 18.5 Å². The van der Waals surface area contributed by atoms with Crippen LogP contribution >= 0.6 is 23.4 Å². The molecule has 0 atom stereocenters. The summed E-state index contributed by atoms with van der Waals surface area (Å²) >= 11 is 7.50. The fourth-order valence-electron chi connectivity index (χ4n) is 3.22. The number of para-hydroxylation sites is 3. The van der Waals surface area contributed by atoms with Crippen molar-refractivity contribution in [3.63, 3.8) is 0 Å². The molecule has 0 aliphatic rings. The number of rotatable bonds is 8. The second kappa shape index (κ2) is 10.5. The zero-order valence-electron chi connectivity index (χ0n) is 17.7. The molecule has 1 N–H and O–H groups in total. The molecule has 6 nitrogen and oxygen atoms in total. The maximum atomic E-state index is 12.8. The lowest BCUT2D eigenvalue weighted by atomic mass is 10.1. The Morgan fingerprint density at radius 1 is 1.00 bits per heavy atom. The number of furan rings is 1. The van der Waals surface area contributed by atoms with E-state index in [2.05, 4.69) is 5.32 Å². The summed E-state index contributed by atoms with van der Waals surface area (Å²) in [6, 6.07) is 21.8. The predicted octanol–water partition coefficient (Wildman–Crippen LogP) is 6.18. The minimum atomic E-state index is -0.701. The molecular formula is C25H20ClNO5S. The lowest BCUT2D eigenvalue weighted by molar-refractivity contribution is -0.119. The van der Waals surface area contributed by atoms with Crippen LogP contribution in [-0.2, 0) is 15.3 Å². The third-order valence-corrected chi connectivity index (χ3v) is 6.09. The molecule has 3 aromatic carbocycles. The number of carbonyl (C=O) groups excluding carboxylic acids is 2. The topological polar surface area (TPSA) is 77.8 Å². The number of methoxy groups -OCH3 is 1. The number of anilines is 1. The summed E-state index contributed by atoms with van der Waals surface area (Å²) in [7, 11) is 1.51. The zero-order valence-corrected chi connectivity index (χ0v) is 19.2. The van der Waals surface area contributed by atoms with Crippen LogP contribution in [0.1, 0.15) is 16.1 Å². The number of ether oxygens (including phenoxy) is 2. The van der Waals surface area contributed by atoms with E-state index in [1.54, 1.807) is 42.1 Å². The van der Waals surface area contributed by atoms with Crippen molar-refractivity contribution in [2.45, 2.75) is 10.6 Å². The van der Waals surface area contributed by atoms with Crippen LogP contribution in [0.4, 0.5) is 5.69 Å². The largest absolute Gasteiger partial charge is 0.495 e. The molecule has 0 spiro atoms. The molecule has 1 amide bonds. The molecule has 1 aromatic heterocycles. The summed E-state index contributed by atoms with van der Waals surface area (Å²) in [6.07, 6.45) is 0. The van der Waals surface area contributed by atoms with E-state index in [4.69, 9.17) is 25.5 Å². The van der Waals surface area contributed by atoms with Gasteiger partial charge in [-0.2, -0.15) is 0 Å². The summed E-state index contributed by atoms with van der Waals surface area (Å²) in [5.74, 6) is -0.107. The van der Waals surface area contributed by atoms with Crippen molar-refractivity contribution in [2.24, 2.45) is 0 Å². The van der Waals surface area contributed by atoms with Crippen molar-refractivity contribution < 1.29 is 23.5 Å². The van der Waals surface area contributed by atoms with Crippen molar-refractivity contribution in [1.29, 1.82) is 0 Å². The number of nitrogens with one attached hydrogen (secondary N) is 1. The van der Waals surface area contributed by atoms with Crippen LogP contribution in [0.15, 0.2) is 82.1 Å². The van der Waals surface area contributed by atoms with Crippen molar-refractivity contribution in [2.75, 3.05) is 19.0 Å². The molecule has 0 saturated carbocycles. The predicted molar refractivity (Wildman–Crippen MR) is 129 cm³/mol. The van der Waals surface area contributed by atoms with E-state index in [0.29, 0.717) is 33.4 Å². The normalized spacial score (nSPS) is 10.7. The average Bonchev–Trinajstić information content (AvgIpc) is 3.21. The van der Waals surface area contributed by atoms with Gasteiger partial charge < -0.3 is 19.2 Å². The Balaban J connectivity index is 1.47. The van der Waals surface area contributed by atoms with Gasteiger partial charge in [0.25, 0.3) is 5.91 Å². The maximum absolute atomic E-state index is 12.8. The van der Waals surface area contributed by atoms with Gasteiger partial charge in [0, 0.05) is 26.6 Å². The minimum absolute atomic E-state index is 0.0859. The highest BCUT2D eigenvalue weighted by Crippen LogP contribution is 2.33. The van der Waals surface area contributed by atoms with Crippen molar-refractivity contribution >= 4 is 51.9 Å². The molecule has 1 heterocycles. The summed E-state index contributed by atoms with van der Waals surface area (Å²) in [6.45, 7) is -0.461. The summed E-state index contributed by atoms with van der Waals surface area (Å²) < 4.78 is 16.3. The van der Waals surface area contributed by atoms with Crippen LogP contribution in [0.2, 0.25) is 5.02 Å². The molecule has 0 aliphatic heterocycles. The highest BCUT2D eigenvalue weighted by Gasteiger charge is 2.23. The number of hydrogen-bond acceptors (Lipinski definition) is 6. The summed E-state index contributed by atoms with van der Waals surface area (Å²) in [4.78, 5) is 26.1. The van der Waals surface area contributed by atoms with Crippen molar-refractivity contribution in [3.05, 3.63) is 89.1 Å². The molecule has 0 saturated heterocycles. The van der Waals surface area contributed by atoms with Gasteiger partial charge in [-0.15, -0.1) is 11.8 Å². The first-order chi connectivity index (χ1) is 16.0. The lowest BCUT2D eigenvalue weighted by Gasteiger charge is -2.10. The molecule has 0 radical (unpaired) electrons. The van der Waals surface area contributed by atoms with E-state index in [0.717, 1.165) is 10.3 Å². The van der Waals surface area contributed by atoms with Gasteiger partial charge in [0.1, 0.15) is 11.3 Å². The van der Waals surface area contributed by atoms with Gasteiger partial charge in [-0.25, -0.2) is 4.79 Å². The number of esters is 1. The molecule has 4 rings (SSSR count). The van der Waals surface area contributed by atoms with E-state index in [-0.39, 0.29) is 5.76 Å². The van der Waals surface area contributed by atoms with Gasteiger partial charge in [-0.05, 0) is 42.5 Å². The zero-order chi connectivity index (χ0) is 23.2. The fraction of sp³-hybridized carbons (Fsp3) is 0.120. The van der Waals surface area contributed by atoms with Gasteiger partial charge in [0.2, 0.25) is 5.76 Å². The summed E-state index contributed by atoms with van der Waals surface area (Å²) in [5, 5.41) is 4.15. The Morgan fingerprint density at radius 3 is 2.52 bits per heavy atom. The molecule has 0 aliphatic carbocycles. The van der Waals surface area contributed by atoms with Gasteiger partial charge in [-0.1, -0.05) is 41.9 Å². The van der Waals surface area contributed by atoms with Gasteiger partial charge in [0.15, 0.2) is 6.61 Å². The van der Waals surface area contributed by atoms with Gasteiger partial charge in [0.05, 0.1) is 12.8 Å². The highest BCUT2D eigenvalue weighted by molar-refractivity contribution is 7.98. The standard InChI is InChI=1S/C25H20ClNO5S/c1-30-22-9-5-3-7-20(22)27-23(28)14-31-25(29)24-19(18-6-2-4-8-21(18)32-24)15-33-17-12-10-16(26)11-13-17/h2-13H,14-15H2,1H3,(H,27,28).